The Hall–Kier alpha value is -3.84. The zero-order valence-electron chi connectivity index (χ0n) is 15.3. The van der Waals surface area contributed by atoms with Crippen LogP contribution in [0.1, 0.15) is 38.5 Å². The van der Waals surface area contributed by atoms with Gasteiger partial charge in [-0.2, -0.15) is 0 Å². The Morgan fingerprint density at radius 2 is 0.833 bits per heavy atom. The minimum atomic E-state index is -2.13. The minimum Gasteiger partial charge on any atom is -0.481 e. The molecule has 2 saturated heterocycles. The van der Waals surface area contributed by atoms with E-state index in [1.165, 1.54) is 0 Å². The van der Waals surface area contributed by atoms with Crippen molar-refractivity contribution in [1.29, 1.82) is 0 Å². The Morgan fingerprint density at radius 1 is 0.600 bits per heavy atom. The third kappa shape index (κ3) is 5.83. The Kier molecular flexibility index (Phi) is 8.13. The highest BCUT2D eigenvalue weighted by atomic mass is 16.4. The molecule has 2 atom stereocenters. The Labute approximate surface area is 167 Å². The highest BCUT2D eigenvalue weighted by Gasteiger charge is 2.52. The molecule has 14 nitrogen and oxygen atoms in total. The molecule has 30 heavy (non-hydrogen) atoms. The van der Waals surface area contributed by atoms with Crippen LogP contribution in [0.25, 0.3) is 0 Å². The van der Waals surface area contributed by atoms with E-state index in [2.05, 4.69) is 0 Å². The number of rotatable bonds is 8. The molecule has 0 aromatic heterocycles. The maximum Gasteiger partial charge on any atom is 0.329 e. The molecule has 2 aliphatic rings. The summed E-state index contributed by atoms with van der Waals surface area (Å²) in [6, 6.07) is -4.27. The van der Waals surface area contributed by atoms with E-state index in [-0.39, 0.29) is 38.5 Å². The fourth-order valence-corrected chi connectivity index (χ4v) is 2.80. The van der Waals surface area contributed by atoms with Crippen molar-refractivity contribution in [3.63, 3.8) is 0 Å². The Morgan fingerprint density at radius 3 is 1.00 bits per heavy atom. The molecule has 0 aliphatic carbocycles. The smallest absolute Gasteiger partial charge is 0.329 e. The third-order valence-electron chi connectivity index (χ3n) is 4.09. The van der Waals surface area contributed by atoms with E-state index >= 15 is 0 Å². The van der Waals surface area contributed by atoms with Crippen LogP contribution in [0.2, 0.25) is 0 Å². The van der Waals surface area contributed by atoms with Gasteiger partial charge in [-0.3, -0.25) is 38.6 Å². The quantitative estimate of drug-likeness (QED) is 0.311. The molecule has 2 rings (SSSR count). The zero-order valence-corrected chi connectivity index (χ0v) is 15.3. The van der Waals surface area contributed by atoms with E-state index < -0.39 is 59.6 Å². The topological polar surface area (TPSA) is 224 Å². The molecule has 2 unspecified atom stereocenters. The lowest BCUT2D eigenvalue weighted by atomic mass is 10.1. The van der Waals surface area contributed by atoms with E-state index in [1.54, 1.807) is 0 Å². The molecule has 4 N–H and O–H groups in total. The van der Waals surface area contributed by atoms with Gasteiger partial charge < -0.3 is 20.4 Å². The van der Waals surface area contributed by atoms with Gasteiger partial charge in [0, 0.05) is 25.7 Å². The lowest BCUT2D eigenvalue weighted by Gasteiger charge is -2.32. The minimum absolute atomic E-state index is 0.239. The van der Waals surface area contributed by atoms with Gasteiger partial charge in [-0.15, -0.1) is 0 Å². The van der Waals surface area contributed by atoms with E-state index in [0.29, 0.717) is 9.80 Å². The van der Waals surface area contributed by atoms with Crippen LogP contribution >= 0.6 is 0 Å². The van der Waals surface area contributed by atoms with Gasteiger partial charge in [0.2, 0.25) is 23.6 Å². The Balaban J connectivity index is 0.000000479. The number of aliphatic carboxylic acids is 4. The summed E-state index contributed by atoms with van der Waals surface area (Å²) in [6.07, 6.45) is -1.55. The van der Waals surface area contributed by atoms with Gasteiger partial charge in [-0.05, 0) is 0 Å². The van der Waals surface area contributed by atoms with Crippen molar-refractivity contribution < 1.29 is 58.8 Å². The zero-order chi connectivity index (χ0) is 23.2. The van der Waals surface area contributed by atoms with Gasteiger partial charge in [-0.25, -0.2) is 9.59 Å². The number of imide groups is 2. The number of carbonyl (C=O) groups is 8. The number of carbonyl (C=O) groups excluding carboxylic acids is 4. The van der Waals surface area contributed by atoms with Gasteiger partial charge in [0.15, 0.2) is 12.1 Å². The van der Waals surface area contributed by atoms with Crippen LogP contribution in [0.5, 0.6) is 0 Å². The second-order valence-corrected chi connectivity index (χ2v) is 6.17. The highest BCUT2D eigenvalue weighted by molar-refractivity contribution is 6.09. The van der Waals surface area contributed by atoms with E-state index in [1.807, 2.05) is 0 Å². The van der Waals surface area contributed by atoms with Gasteiger partial charge in [0.1, 0.15) is 0 Å². The average molecular weight is 430 g/mol. The fraction of sp³-hybridized carbons (Fsp3) is 0.500. The van der Waals surface area contributed by atoms with Crippen LogP contribution in [0.4, 0.5) is 0 Å². The molecule has 2 heterocycles. The van der Waals surface area contributed by atoms with Gasteiger partial charge in [0.05, 0.1) is 12.8 Å². The number of likely N-dealkylation sites (tertiary alicyclic amines) is 2. The van der Waals surface area contributed by atoms with Crippen LogP contribution in [0.3, 0.4) is 0 Å². The van der Waals surface area contributed by atoms with Crippen molar-refractivity contribution in [2.24, 2.45) is 0 Å². The SMILES string of the molecule is O=C(O)C(C(C(=O)O)N1C(=O)CCC1=O)N1C(=O)CCC1=O.O=C(O)CCC(=O)O. The molecule has 0 saturated carbocycles. The van der Waals surface area contributed by atoms with Crippen LogP contribution in [-0.4, -0.2) is 89.8 Å². The van der Waals surface area contributed by atoms with Crippen LogP contribution in [0, 0.1) is 0 Å². The number of carboxylic acids is 4. The summed E-state index contributed by atoms with van der Waals surface area (Å²) in [7, 11) is 0. The largest absolute Gasteiger partial charge is 0.481 e. The Bertz CT molecular complexity index is 706. The molecule has 0 spiro atoms. The van der Waals surface area contributed by atoms with Crippen molar-refractivity contribution >= 4 is 47.5 Å². The first kappa shape index (κ1) is 24.2. The number of hydrogen-bond donors (Lipinski definition) is 4. The maximum atomic E-state index is 11.7. The van der Waals surface area contributed by atoms with Crippen LogP contribution < -0.4 is 0 Å². The normalized spacial score (nSPS) is 18.0. The predicted octanol–water partition coefficient (Wildman–Crippen LogP) is -1.87. The molecule has 14 heteroatoms. The number of nitrogens with zero attached hydrogens (tertiary/aromatic N) is 2. The van der Waals surface area contributed by atoms with E-state index in [4.69, 9.17) is 10.2 Å². The van der Waals surface area contributed by atoms with Crippen molar-refractivity contribution in [3.05, 3.63) is 0 Å². The summed E-state index contributed by atoms with van der Waals surface area (Å²) in [4.78, 5) is 89.6. The van der Waals surface area contributed by atoms with Gasteiger partial charge in [-0.1, -0.05) is 0 Å². The molecule has 0 radical (unpaired) electrons. The lowest BCUT2D eigenvalue weighted by Crippen LogP contribution is -2.61. The number of amides is 4. The average Bonchev–Trinajstić information content (AvgIpc) is 3.13. The standard InChI is InChI=1S/C12H12N2O8.C4H6O4/c15-5-1-2-6(16)13(5)9(11(19)20)10(12(21)22)14-7(17)3-4-8(14)18;5-3(6)1-2-4(7)8/h9-10H,1-4H2,(H,19,20)(H,21,22);1-2H2,(H,5,6)(H,7,8). The third-order valence-corrected chi connectivity index (χ3v) is 4.09. The molecule has 4 amide bonds. The fourth-order valence-electron chi connectivity index (χ4n) is 2.80. The molecule has 2 aliphatic heterocycles. The first-order chi connectivity index (χ1) is 13.9. The molecule has 0 aromatic rings. The highest BCUT2D eigenvalue weighted by Crippen LogP contribution is 2.24. The first-order valence-corrected chi connectivity index (χ1v) is 8.47. The van der Waals surface area contributed by atoms with Crippen molar-refractivity contribution in [2.75, 3.05) is 0 Å². The second kappa shape index (κ2) is 10.1. The van der Waals surface area contributed by atoms with E-state index in [9.17, 15) is 48.6 Å². The monoisotopic (exact) mass is 430 g/mol. The van der Waals surface area contributed by atoms with Crippen LogP contribution in [-0.2, 0) is 38.4 Å². The van der Waals surface area contributed by atoms with Crippen molar-refractivity contribution in [1.82, 2.24) is 9.80 Å². The first-order valence-electron chi connectivity index (χ1n) is 8.47. The molecule has 0 bridgehead atoms. The summed E-state index contributed by atoms with van der Waals surface area (Å²) in [5, 5.41) is 34.3. The molecule has 2 fully saturated rings. The van der Waals surface area contributed by atoms with Gasteiger partial charge in [0.25, 0.3) is 0 Å². The van der Waals surface area contributed by atoms with E-state index in [0.717, 1.165) is 0 Å². The number of carboxylic acid groups (broad SMARTS) is 4. The van der Waals surface area contributed by atoms with Crippen LogP contribution in [0.15, 0.2) is 0 Å². The summed E-state index contributed by atoms with van der Waals surface area (Å²) in [6.45, 7) is 0. The maximum absolute atomic E-state index is 11.7. The molecule has 164 valence electrons. The molecule has 0 aromatic carbocycles. The van der Waals surface area contributed by atoms with Crippen molar-refractivity contribution in [2.45, 2.75) is 50.6 Å². The van der Waals surface area contributed by atoms with Gasteiger partial charge >= 0.3 is 23.9 Å². The molecular weight excluding hydrogens is 412 g/mol. The number of hydrogen-bond acceptors (Lipinski definition) is 8. The summed E-state index contributed by atoms with van der Waals surface area (Å²) in [5.41, 5.74) is 0. The summed E-state index contributed by atoms with van der Waals surface area (Å²) >= 11 is 0. The lowest BCUT2D eigenvalue weighted by molar-refractivity contribution is -0.167. The summed E-state index contributed by atoms with van der Waals surface area (Å²) < 4.78 is 0. The molecular formula is C16H18N2O12. The second-order valence-electron chi connectivity index (χ2n) is 6.17. The van der Waals surface area contributed by atoms with Crippen molar-refractivity contribution in [3.8, 4) is 0 Å². The summed E-state index contributed by atoms with van der Waals surface area (Å²) in [5.74, 6) is -9.08. The predicted molar refractivity (Wildman–Crippen MR) is 89.5 cm³/mol.